The van der Waals surface area contributed by atoms with Crippen molar-refractivity contribution in [2.75, 3.05) is 18.9 Å². The molecule has 1 aromatic heterocycles. The fraction of sp³-hybridized carbons (Fsp3) is 0.538. The molecule has 13 heteroatoms. The highest BCUT2D eigenvalue weighted by atomic mass is 32.2. The molecule has 3 aromatic rings. The lowest BCUT2D eigenvalue weighted by Crippen LogP contribution is -2.68. The van der Waals surface area contributed by atoms with E-state index in [4.69, 9.17) is 9.84 Å². The van der Waals surface area contributed by atoms with Gasteiger partial charge in [0.15, 0.2) is 6.29 Å². The molecular formula is C39H53N3O9S. The monoisotopic (exact) mass is 739 g/mol. The molecule has 12 nitrogen and oxygen atoms in total. The minimum atomic E-state index is -3.76. The molecule has 1 unspecified atom stereocenters. The number of carbonyl (C=O) groups excluding carboxylic acids is 1. The molecule has 0 saturated heterocycles. The summed E-state index contributed by atoms with van der Waals surface area (Å²) >= 11 is 1.64. The second kappa shape index (κ2) is 17.8. The Morgan fingerprint density at radius 3 is 2.54 bits per heavy atom. The average molecular weight is 740 g/mol. The lowest BCUT2D eigenvalue weighted by molar-refractivity contribution is -0.510. The number of thioether (sulfide) groups is 1. The van der Waals surface area contributed by atoms with Crippen LogP contribution < -0.4 is 10.1 Å². The Morgan fingerprint density at radius 2 is 1.83 bits per heavy atom. The summed E-state index contributed by atoms with van der Waals surface area (Å²) in [4.78, 5) is 19.1. The fourth-order valence-corrected chi connectivity index (χ4v) is 7.16. The van der Waals surface area contributed by atoms with Crippen molar-refractivity contribution >= 4 is 17.7 Å². The number of carbonyl (C=O) groups is 1. The third-order valence-electron chi connectivity index (χ3n) is 9.63. The zero-order valence-corrected chi connectivity index (χ0v) is 30.9. The predicted octanol–water partition coefficient (Wildman–Crippen LogP) is 4.26. The molecule has 52 heavy (non-hydrogen) atoms. The Labute approximate surface area is 309 Å². The number of nitrogens with one attached hydrogen (secondary N) is 1. The zero-order chi connectivity index (χ0) is 37.4. The summed E-state index contributed by atoms with van der Waals surface area (Å²) in [7, 11) is 0. The van der Waals surface area contributed by atoms with Crippen LogP contribution in [0.3, 0.4) is 0 Å². The van der Waals surface area contributed by atoms with Crippen molar-refractivity contribution in [1.29, 1.82) is 0 Å². The van der Waals surface area contributed by atoms with Gasteiger partial charge in [-0.05, 0) is 104 Å². The van der Waals surface area contributed by atoms with E-state index in [1.54, 1.807) is 11.8 Å². The van der Waals surface area contributed by atoms with Gasteiger partial charge in [-0.1, -0.05) is 44.0 Å². The van der Waals surface area contributed by atoms with Gasteiger partial charge in [0, 0.05) is 47.9 Å². The van der Waals surface area contributed by atoms with Crippen molar-refractivity contribution in [2.45, 2.75) is 119 Å². The smallest absolute Gasteiger partial charge is 0.360 e. The number of aliphatic hydroxyl groups excluding tert-OH is 2. The summed E-state index contributed by atoms with van der Waals surface area (Å²) in [5, 5.41) is 64.3. The van der Waals surface area contributed by atoms with Gasteiger partial charge < -0.3 is 40.7 Å². The summed E-state index contributed by atoms with van der Waals surface area (Å²) in [5.41, 5.74) is 5.57. The topological polar surface area (TPSA) is 185 Å². The zero-order valence-electron chi connectivity index (χ0n) is 30.0. The van der Waals surface area contributed by atoms with Crippen LogP contribution in [-0.4, -0.2) is 89.6 Å². The first-order chi connectivity index (χ1) is 24.9. The number of unbranched alkanes of at least 4 members (excludes halogenated alkanes) is 3. The number of benzene rings is 2. The van der Waals surface area contributed by atoms with E-state index in [2.05, 4.69) is 52.3 Å². The molecule has 2 aliphatic carbocycles. The number of aliphatic hydroxyl groups is 6. The first kappa shape index (κ1) is 40.1. The molecule has 284 valence electrons. The molecular weight excluding hydrogens is 687 g/mol. The van der Waals surface area contributed by atoms with Crippen molar-refractivity contribution < 1.29 is 44.9 Å². The number of hydrogen-bond acceptors (Lipinski definition) is 12. The quantitative estimate of drug-likeness (QED) is 0.0442. The van der Waals surface area contributed by atoms with Crippen LogP contribution >= 0.6 is 11.8 Å². The molecule has 7 N–H and O–H groups in total. The number of para-hydroxylation sites is 1. The summed E-state index contributed by atoms with van der Waals surface area (Å²) < 4.78 is 10.7. The Morgan fingerprint density at radius 1 is 1.06 bits per heavy atom. The molecule has 0 bridgehead atoms. The van der Waals surface area contributed by atoms with Gasteiger partial charge >= 0.3 is 11.9 Å². The number of hydrogen-bond donors (Lipinski definition) is 7. The molecule has 1 heterocycles. The van der Waals surface area contributed by atoms with Crippen LogP contribution in [0.5, 0.6) is 5.75 Å². The lowest BCUT2D eigenvalue weighted by Gasteiger charge is -2.42. The molecule has 2 saturated carbocycles. The van der Waals surface area contributed by atoms with Gasteiger partial charge in [-0.15, -0.1) is 11.8 Å². The van der Waals surface area contributed by atoms with E-state index >= 15 is 0 Å². The second-order valence-electron chi connectivity index (χ2n) is 13.8. The van der Waals surface area contributed by atoms with Crippen LogP contribution in [0.15, 0.2) is 65.8 Å². The van der Waals surface area contributed by atoms with Crippen molar-refractivity contribution in [1.82, 2.24) is 15.2 Å². The van der Waals surface area contributed by atoms with Gasteiger partial charge in [-0.25, -0.2) is 0 Å². The van der Waals surface area contributed by atoms with Gasteiger partial charge in [-0.3, -0.25) is 19.4 Å². The Bertz CT molecular complexity index is 1630. The molecule has 2 aromatic carbocycles. The van der Waals surface area contributed by atoms with Gasteiger partial charge in [0.25, 0.3) is 0 Å². The second-order valence-corrected chi connectivity index (χ2v) is 15.0. The minimum absolute atomic E-state index is 0.0459. The number of amides is 1. The summed E-state index contributed by atoms with van der Waals surface area (Å²) in [6.07, 6.45) is 9.08. The highest BCUT2D eigenvalue weighted by Gasteiger charge is 2.56. The minimum Gasteiger partial charge on any atom is -0.490 e. The van der Waals surface area contributed by atoms with E-state index in [1.807, 2.05) is 37.5 Å². The fourth-order valence-electron chi connectivity index (χ4n) is 6.19. The average Bonchev–Trinajstić information content (AvgIpc) is 4.07. The van der Waals surface area contributed by atoms with E-state index in [0.29, 0.717) is 42.6 Å². The first-order valence-electron chi connectivity index (χ1n) is 18.3. The van der Waals surface area contributed by atoms with Crippen molar-refractivity contribution in [3.05, 3.63) is 77.6 Å². The van der Waals surface area contributed by atoms with E-state index in [-0.39, 0.29) is 18.5 Å². The van der Waals surface area contributed by atoms with Crippen LogP contribution in [-0.2, 0) is 21.6 Å². The largest absolute Gasteiger partial charge is 0.490 e. The molecule has 0 aliphatic heterocycles. The Kier molecular flexibility index (Phi) is 13.7. The number of ether oxygens (including phenoxy) is 2. The number of aromatic nitrogens is 1. The maximum atomic E-state index is 13.0. The number of aryl methyl sites for hydroxylation is 1. The van der Waals surface area contributed by atoms with Gasteiger partial charge in [0.05, 0.1) is 12.7 Å². The van der Waals surface area contributed by atoms with E-state index in [0.717, 1.165) is 60.3 Å². The molecule has 5 rings (SSSR count). The van der Waals surface area contributed by atoms with Crippen molar-refractivity contribution in [2.24, 2.45) is 0 Å². The van der Waals surface area contributed by atoms with Crippen LogP contribution in [0.2, 0.25) is 0 Å². The normalized spacial score (nSPS) is 16.1. The molecule has 2 fully saturated rings. The van der Waals surface area contributed by atoms with Gasteiger partial charge in [0.2, 0.25) is 5.91 Å². The summed E-state index contributed by atoms with van der Waals surface area (Å²) in [5.74, 6) is -6.48. The predicted molar refractivity (Wildman–Crippen MR) is 197 cm³/mol. The highest BCUT2D eigenvalue weighted by Crippen LogP contribution is 2.50. The standard InChI is InChI=1S/C39H53N3O9S/c1-3-4-5-12-35(44)42(38(46,47)39(48,49)51-36(45)26-43)21-8-9-22-52-30-16-13-27(2)28(23-30)24-41-37(18-19-37)33-25-40-20-17-31(33)32-10-6-7-11-34(32)50-29-14-15-29/h6-7,10-11,13,16-17,20,23,25,29,36,41,43,45-49H,3-5,8-9,12,14-15,18-19,21-22,24,26H2,1-2H3. The van der Waals surface area contributed by atoms with Gasteiger partial charge in [-0.2, -0.15) is 0 Å². The van der Waals surface area contributed by atoms with E-state index < -0.39 is 30.7 Å². The molecule has 1 atom stereocenters. The van der Waals surface area contributed by atoms with Crippen LogP contribution in [0.4, 0.5) is 0 Å². The van der Waals surface area contributed by atoms with Crippen LogP contribution in [0.1, 0.15) is 87.8 Å². The molecule has 1 amide bonds. The Hall–Kier alpha value is -3.11. The number of nitrogens with zero attached hydrogens (tertiary/aromatic N) is 2. The summed E-state index contributed by atoms with van der Waals surface area (Å²) in [6.45, 7) is 3.49. The van der Waals surface area contributed by atoms with Gasteiger partial charge in [0.1, 0.15) is 5.75 Å². The molecule has 0 spiro atoms. The van der Waals surface area contributed by atoms with Crippen molar-refractivity contribution in [3.8, 4) is 16.9 Å². The SMILES string of the molecule is CCCCCC(=O)N(CCCCSc1ccc(C)c(CNC2(c3cnccc3-c3ccccc3OC3CC3)CC2)c1)C(O)(O)C(O)(O)OC(O)CO. The lowest BCUT2D eigenvalue weighted by atomic mass is 9.94. The highest BCUT2D eigenvalue weighted by molar-refractivity contribution is 7.99. The van der Waals surface area contributed by atoms with Crippen LogP contribution in [0.25, 0.3) is 11.1 Å². The number of pyridine rings is 1. The first-order valence-corrected chi connectivity index (χ1v) is 19.2. The third-order valence-corrected chi connectivity index (χ3v) is 10.7. The number of rotatable bonds is 22. The Balaban J connectivity index is 1.19. The van der Waals surface area contributed by atoms with Crippen LogP contribution in [0, 0.1) is 6.92 Å². The van der Waals surface area contributed by atoms with E-state index in [1.165, 1.54) is 16.7 Å². The summed E-state index contributed by atoms with van der Waals surface area (Å²) in [6, 6.07) is 16.7. The maximum absolute atomic E-state index is 13.0. The van der Waals surface area contributed by atoms with Crippen molar-refractivity contribution in [3.63, 3.8) is 0 Å². The third kappa shape index (κ3) is 10.1. The van der Waals surface area contributed by atoms with E-state index in [9.17, 15) is 30.3 Å². The molecule has 2 aliphatic rings. The molecule has 0 radical (unpaired) electrons. The maximum Gasteiger partial charge on any atom is 0.360 e.